The van der Waals surface area contributed by atoms with E-state index in [0.29, 0.717) is 48.1 Å². The number of anilines is 1. The lowest BCUT2D eigenvalue weighted by molar-refractivity contribution is -0.126. The number of thiophene rings is 1. The Morgan fingerprint density at radius 3 is 2.54 bits per heavy atom. The molecule has 3 aromatic rings. The van der Waals surface area contributed by atoms with Crippen LogP contribution < -0.4 is 5.32 Å². The minimum absolute atomic E-state index is 0.000955. The average molecular weight is 759 g/mol. The normalized spacial score (nSPS) is 22.7. The molecule has 2 aromatic heterocycles. The first-order valence-electron chi connectivity index (χ1n) is 19.8. The van der Waals surface area contributed by atoms with Crippen LogP contribution in [-0.2, 0) is 29.4 Å². The van der Waals surface area contributed by atoms with Crippen molar-refractivity contribution in [1.82, 2.24) is 24.1 Å². The predicted octanol–water partition coefficient (Wildman–Crippen LogP) is 6.88. The highest BCUT2D eigenvalue weighted by molar-refractivity contribution is 7.89. The number of nitrogens with one attached hydrogen (secondary N) is 1. The fourth-order valence-electron chi connectivity index (χ4n) is 8.01. The zero-order valence-electron chi connectivity index (χ0n) is 32.7. The lowest BCUT2D eigenvalue weighted by Crippen LogP contribution is -2.52. The number of rotatable bonds is 12. The van der Waals surface area contributed by atoms with Crippen molar-refractivity contribution in [2.24, 2.45) is 5.92 Å². The lowest BCUT2D eigenvalue weighted by Gasteiger charge is -2.38. The standard InChI is InChI=1S/C38H48F3N7O2S2/c1-4-35-44-36(34-19-30(20-38(39,40)41)51-37(34)45-35)43-29-9-11-46(12-10-29)22-27-7-8-31-32(25(27)3)18-28(21-42)33(31)17-24(2)47-13-15-48(16-14-47)52(49,50)23-26-5-6-26/h7-8,18-19,24,26,29,33H,4-6,9-17,20,22-23H2,1-3H3,(H,43,44,45)/t24-,33?/m0/s1/i1D3. The number of alkyl halides is 3. The number of fused-ring (bicyclic) bond motifs is 2. The molecule has 0 radical (unpaired) electrons. The Balaban J connectivity index is 0.968. The second kappa shape index (κ2) is 15.0. The molecule has 52 heavy (non-hydrogen) atoms. The molecule has 0 spiro atoms. The smallest absolute Gasteiger partial charge is 0.367 e. The van der Waals surface area contributed by atoms with Crippen molar-refractivity contribution in [3.8, 4) is 6.07 Å². The number of piperidine rings is 1. The van der Waals surface area contributed by atoms with Crippen LogP contribution in [-0.4, -0.2) is 95.8 Å². The van der Waals surface area contributed by atoms with Crippen LogP contribution in [0.1, 0.15) is 88.9 Å². The third kappa shape index (κ3) is 8.34. The Labute approximate surface area is 313 Å². The van der Waals surface area contributed by atoms with Gasteiger partial charge in [0.25, 0.3) is 0 Å². The van der Waals surface area contributed by atoms with Crippen LogP contribution in [0.15, 0.2) is 23.8 Å². The van der Waals surface area contributed by atoms with Gasteiger partial charge in [0.1, 0.15) is 16.5 Å². The summed E-state index contributed by atoms with van der Waals surface area (Å²) in [4.78, 5) is 14.0. The molecule has 9 nitrogen and oxygen atoms in total. The van der Waals surface area contributed by atoms with Gasteiger partial charge in [-0.2, -0.15) is 22.7 Å². The van der Waals surface area contributed by atoms with E-state index in [4.69, 9.17) is 4.11 Å². The van der Waals surface area contributed by atoms with Gasteiger partial charge in [-0.25, -0.2) is 18.4 Å². The van der Waals surface area contributed by atoms with Gasteiger partial charge in [-0.3, -0.25) is 9.80 Å². The first-order valence-corrected chi connectivity index (χ1v) is 20.7. The number of piperazine rings is 1. The first kappa shape index (κ1) is 33.5. The predicted molar refractivity (Wildman–Crippen MR) is 200 cm³/mol. The summed E-state index contributed by atoms with van der Waals surface area (Å²) < 4.78 is 89.9. The average Bonchev–Trinajstić information content (AvgIpc) is 3.70. The van der Waals surface area contributed by atoms with Gasteiger partial charge < -0.3 is 5.32 Å². The third-order valence-corrected chi connectivity index (χ3v) is 14.3. The van der Waals surface area contributed by atoms with E-state index in [-0.39, 0.29) is 40.9 Å². The summed E-state index contributed by atoms with van der Waals surface area (Å²) in [5.41, 5.74) is 5.39. The largest absolute Gasteiger partial charge is 0.393 e. The maximum atomic E-state index is 13.2. The second-order valence-electron chi connectivity index (χ2n) is 14.9. The Kier molecular flexibility index (Phi) is 9.64. The molecule has 7 rings (SSSR count). The highest BCUT2D eigenvalue weighted by atomic mass is 32.2. The summed E-state index contributed by atoms with van der Waals surface area (Å²) in [5, 5.41) is 14.1. The molecule has 2 aliphatic carbocycles. The molecule has 280 valence electrons. The zero-order chi connectivity index (χ0) is 39.3. The van der Waals surface area contributed by atoms with Gasteiger partial charge in [-0.05, 0) is 86.3 Å². The first-order chi connectivity index (χ1) is 25.9. The molecular formula is C38H48F3N7O2S2. The Bertz CT molecular complexity index is 2080. The van der Waals surface area contributed by atoms with Gasteiger partial charge in [0.05, 0.1) is 23.6 Å². The van der Waals surface area contributed by atoms with E-state index >= 15 is 0 Å². The van der Waals surface area contributed by atoms with Gasteiger partial charge in [0.15, 0.2) is 0 Å². The number of aromatic nitrogens is 2. The number of aryl methyl sites for hydroxylation is 1. The number of likely N-dealkylation sites (tertiary alicyclic amines) is 1. The fraction of sp³-hybridized carbons (Fsp3) is 0.605. The number of allylic oxidation sites excluding steroid dienone is 1. The molecule has 1 saturated carbocycles. The number of nitrogens with zero attached hydrogens (tertiary/aromatic N) is 6. The Morgan fingerprint density at radius 2 is 1.87 bits per heavy atom. The molecule has 2 aliphatic heterocycles. The van der Waals surface area contributed by atoms with Gasteiger partial charge in [0, 0.05) is 84.8 Å². The van der Waals surface area contributed by atoms with E-state index in [9.17, 15) is 26.9 Å². The van der Waals surface area contributed by atoms with E-state index in [1.54, 1.807) is 4.31 Å². The molecule has 2 atom stereocenters. The van der Waals surface area contributed by atoms with Gasteiger partial charge in [-0.15, -0.1) is 11.3 Å². The molecule has 2 saturated heterocycles. The summed E-state index contributed by atoms with van der Waals surface area (Å²) in [6.45, 7) is 6.67. The minimum Gasteiger partial charge on any atom is -0.367 e. The molecular weight excluding hydrogens is 708 g/mol. The molecule has 0 bridgehead atoms. The van der Waals surface area contributed by atoms with Crippen LogP contribution in [0.25, 0.3) is 16.3 Å². The molecule has 1 aromatic carbocycles. The van der Waals surface area contributed by atoms with E-state index in [1.807, 2.05) is 6.08 Å². The molecule has 0 amide bonds. The zero-order valence-corrected chi connectivity index (χ0v) is 31.3. The van der Waals surface area contributed by atoms with Crippen LogP contribution in [0, 0.1) is 24.2 Å². The van der Waals surface area contributed by atoms with Crippen molar-refractivity contribution >= 4 is 43.5 Å². The maximum Gasteiger partial charge on any atom is 0.393 e. The molecule has 1 unspecified atom stereocenters. The summed E-state index contributed by atoms with van der Waals surface area (Å²) in [7, 11) is -3.20. The molecule has 3 fully saturated rings. The van der Waals surface area contributed by atoms with Crippen molar-refractivity contribution < 1.29 is 25.7 Å². The van der Waals surface area contributed by atoms with Crippen LogP contribution in [0.4, 0.5) is 19.0 Å². The van der Waals surface area contributed by atoms with Crippen molar-refractivity contribution in [3.63, 3.8) is 0 Å². The van der Waals surface area contributed by atoms with Crippen molar-refractivity contribution in [3.05, 3.63) is 56.7 Å². The van der Waals surface area contributed by atoms with Crippen molar-refractivity contribution in [1.29, 1.82) is 5.26 Å². The topological polar surface area (TPSA) is 105 Å². The number of hydrogen-bond donors (Lipinski definition) is 1. The van der Waals surface area contributed by atoms with E-state index in [1.165, 1.54) is 17.2 Å². The van der Waals surface area contributed by atoms with Crippen LogP contribution in [0.2, 0.25) is 0 Å². The van der Waals surface area contributed by atoms with E-state index in [2.05, 4.69) is 57.1 Å². The molecule has 14 heteroatoms. The third-order valence-electron chi connectivity index (χ3n) is 11.2. The molecule has 4 heterocycles. The Morgan fingerprint density at radius 1 is 1.12 bits per heavy atom. The number of halogens is 3. The number of benzene rings is 1. The van der Waals surface area contributed by atoms with Crippen LogP contribution in [0.3, 0.4) is 0 Å². The summed E-state index contributed by atoms with van der Waals surface area (Å²) in [6.07, 6.45) is 0.557. The van der Waals surface area contributed by atoms with E-state index < -0.39 is 29.5 Å². The molecule has 1 N–H and O–H groups in total. The van der Waals surface area contributed by atoms with Crippen LogP contribution >= 0.6 is 11.3 Å². The van der Waals surface area contributed by atoms with Crippen LogP contribution in [0.5, 0.6) is 0 Å². The molecule has 4 aliphatic rings. The fourth-order valence-corrected chi connectivity index (χ4v) is 10.9. The summed E-state index contributed by atoms with van der Waals surface area (Å²) in [5.74, 6) is 1.05. The lowest BCUT2D eigenvalue weighted by atomic mass is 9.87. The van der Waals surface area contributed by atoms with Gasteiger partial charge in [0.2, 0.25) is 10.0 Å². The Hall–Kier alpha value is -3.09. The number of hydrogen-bond acceptors (Lipinski definition) is 9. The highest BCUT2D eigenvalue weighted by Gasteiger charge is 2.36. The number of sulfonamides is 1. The van der Waals surface area contributed by atoms with Gasteiger partial charge >= 0.3 is 6.18 Å². The SMILES string of the molecule is [2H]C([2H])([2H])Cc1nc(NC2CCN(Cc3ccc4c(c3C)C=C(C#N)C4C[C@H](C)N3CCN(S(=O)(=O)CC4CC4)CC3)CC2)c2cc(CC(F)(F)F)sc2n1. The second-order valence-corrected chi connectivity index (χ2v) is 18.1. The minimum atomic E-state index is -4.37. The monoisotopic (exact) mass is 758 g/mol. The van der Waals surface area contributed by atoms with E-state index in [0.717, 1.165) is 79.8 Å². The van der Waals surface area contributed by atoms with Crippen molar-refractivity contribution in [2.45, 2.75) is 96.4 Å². The quantitative estimate of drug-likeness (QED) is 0.213. The van der Waals surface area contributed by atoms with Crippen molar-refractivity contribution in [2.75, 3.05) is 50.3 Å². The van der Waals surface area contributed by atoms with Gasteiger partial charge in [-0.1, -0.05) is 19.0 Å². The summed E-state index contributed by atoms with van der Waals surface area (Å²) >= 11 is 0.919. The summed E-state index contributed by atoms with van der Waals surface area (Å²) in [6, 6.07) is 8.45. The highest BCUT2D eigenvalue weighted by Crippen LogP contribution is 2.42. The maximum absolute atomic E-state index is 13.2. The number of nitriles is 1.